The maximum atomic E-state index is 13.8. The van der Waals surface area contributed by atoms with Gasteiger partial charge in [0.1, 0.15) is 11.6 Å². The van der Waals surface area contributed by atoms with Gasteiger partial charge >= 0.3 is 6.03 Å². The van der Waals surface area contributed by atoms with Crippen molar-refractivity contribution in [1.82, 2.24) is 10.6 Å². The molecule has 0 bridgehead atoms. The number of amides is 2. The zero-order chi connectivity index (χ0) is 17.1. The summed E-state index contributed by atoms with van der Waals surface area (Å²) in [4.78, 5) is 12.3. The van der Waals surface area contributed by atoms with E-state index in [1.165, 1.54) is 18.2 Å². The lowest BCUT2D eigenvalue weighted by Crippen LogP contribution is -2.67. The number of hydrogen-bond acceptors (Lipinski definition) is 2. The van der Waals surface area contributed by atoms with Crippen molar-refractivity contribution in [1.29, 1.82) is 0 Å². The number of hydrogen-bond donors (Lipinski definition) is 2. The first-order valence-electron chi connectivity index (χ1n) is 8.52. The third-order valence-corrected chi connectivity index (χ3v) is 5.86. The number of fused-ring (bicyclic) bond motifs is 1. The number of urea groups is 1. The fourth-order valence-corrected chi connectivity index (χ4v) is 4.51. The Kier molecular flexibility index (Phi) is 3.56. The molecule has 2 saturated carbocycles. The second-order valence-corrected chi connectivity index (χ2v) is 7.74. The number of benzene rings is 1. The van der Waals surface area contributed by atoms with Crippen LogP contribution in [-0.2, 0) is 4.74 Å². The predicted octanol–water partition coefficient (Wildman–Crippen LogP) is 2.93. The fourth-order valence-electron chi connectivity index (χ4n) is 4.51. The van der Waals surface area contributed by atoms with Crippen molar-refractivity contribution in [2.75, 3.05) is 6.61 Å². The Bertz CT molecular complexity index is 659. The molecular weight excluding hydrogens is 314 g/mol. The maximum absolute atomic E-state index is 13.8. The van der Waals surface area contributed by atoms with Crippen LogP contribution in [0.1, 0.15) is 38.2 Å². The second-order valence-electron chi connectivity index (χ2n) is 7.74. The van der Waals surface area contributed by atoms with E-state index in [0.29, 0.717) is 12.3 Å². The lowest BCUT2D eigenvalue weighted by Gasteiger charge is -2.54. The molecule has 2 N–H and O–H groups in total. The number of nitrogens with one attached hydrogen (secondary N) is 2. The first-order chi connectivity index (χ1) is 11.4. The number of halogens is 2. The first kappa shape index (κ1) is 15.8. The van der Waals surface area contributed by atoms with Crippen LogP contribution < -0.4 is 10.6 Å². The number of carbonyl (C=O) groups excluding carboxylic acids is 1. The van der Waals surface area contributed by atoms with E-state index in [1.807, 2.05) is 0 Å². The fraction of sp³-hybridized carbons (Fsp3) is 0.611. The van der Waals surface area contributed by atoms with Gasteiger partial charge in [-0.3, -0.25) is 0 Å². The average Bonchev–Trinajstić information content (AvgIpc) is 3.10. The van der Waals surface area contributed by atoms with Gasteiger partial charge in [-0.2, -0.15) is 0 Å². The number of rotatable bonds is 3. The number of carbonyl (C=O) groups is 1. The van der Waals surface area contributed by atoms with Crippen LogP contribution in [-0.4, -0.2) is 30.8 Å². The molecule has 1 heterocycles. The Labute approximate surface area is 139 Å². The molecule has 0 radical (unpaired) electrons. The molecule has 4 rings (SSSR count). The molecule has 0 spiro atoms. The smallest absolute Gasteiger partial charge is 0.315 e. The van der Waals surface area contributed by atoms with Gasteiger partial charge in [0.2, 0.25) is 0 Å². The summed E-state index contributed by atoms with van der Waals surface area (Å²) in [5, 5.41) is 5.88. The van der Waals surface area contributed by atoms with Crippen molar-refractivity contribution in [3.63, 3.8) is 0 Å². The largest absolute Gasteiger partial charge is 0.377 e. The highest BCUT2D eigenvalue weighted by Crippen LogP contribution is 2.52. The van der Waals surface area contributed by atoms with E-state index < -0.39 is 11.6 Å². The molecule has 130 valence electrons. The molecule has 2 aliphatic carbocycles. The second kappa shape index (κ2) is 5.41. The summed E-state index contributed by atoms with van der Waals surface area (Å²) in [6.07, 6.45) is 1.74. The van der Waals surface area contributed by atoms with Gasteiger partial charge in [0.15, 0.2) is 0 Å². The molecular formula is C18H22F2N2O2. The Hall–Kier alpha value is -1.69. The van der Waals surface area contributed by atoms with E-state index in [-0.39, 0.29) is 41.1 Å². The van der Waals surface area contributed by atoms with Crippen molar-refractivity contribution in [2.24, 2.45) is 11.3 Å². The zero-order valence-corrected chi connectivity index (χ0v) is 13.8. The lowest BCUT2D eigenvalue weighted by molar-refractivity contribution is -0.108. The summed E-state index contributed by atoms with van der Waals surface area (Å²) in [6.45, 7) is 4.94. The maximum Gasteiger partial charge on any atom is 0.315 e. The van der Waals surface area contributed by atoms with Gasteiger partial charge < -0.3 is 15.4 Å². The molecule has 6 heteroatoms. The highest BCUT2D eigenvalue weighted by atomic mass is 19.1. The third kappa shape index (κ3) is 2.39. The van der Waals surface area contributed by atoms with Crippen LogP contribution >= 0.6 is 0 Å². The first-order valence-corrected chi connectivity index (χ1v) is 8.52. The molecule has 0 aromatic heterocycles. The van der Waals surface area contributed by atoms with Gasteiger partial charge in [0.05, 0.1) is 6.10 Å². The molecule has 24 heavy (non-hydrogen) atoms. The third-order valence-electron chi connectivity index (χ3n) is 5.86. The predicted molar refractivity (Wildman–Crippen MR) is 84.6 cm³/mol. The van der Waals surface area contributed by atoms with E-state index in [2.05, 4.69) is 24.5 Å². The van der Waals surface area contributed by atoms with Gasteiger partial charge in [-0.25, -0.2) is 13.6 Å². The van der Waals surface area contributed by atoms with Gasteiger partial charge in [-0.05, 0) is 25.0 Å². The van der Waals surface area contributed by atoms with Gasteiger partial charge in [0, 0.05) is 41.5 Å². The summed E-state index contributed by atoms with van der Waals surface area (Å²) >= 11 is 0. The minimum absolute atomic E-state index is 0.0763. The summed E-state index contributed by atoms with van der Waals surface area (Å²) in [7, 11) is 0. The molecule has 3 aliphatic rings. The van der Waals surface area contributed by atoms with Crippen LogP contribution in [0.3, 0.4) is 0 Å². The molecule has 0 unspecified atom stereocenters. The molecule has 1 aromatic carbocycles. The van der Waals surface area contributed by atoms with Crippen LogP contribution in [0.5, 0.6) is 0 Å². The topological polar surface area (TPSA) is 50.4 Å². The molecule has 2 amide bonds. The highest BCUT2D eigenvalue weighted by molar-refractivity contribution is 5.75. The Morgan fingerprint density at radius 1 is 1.25 bits per heavy atom. The summed E-state index contributed by atoms with van der Waals surface area (Å²) < 4.78 is 33.3. The van der Waals surface area contributed by atoms with Gasteiger partial charge in [-0.15, -0.1) is 0 Å². The van der Waals surface area contributed by atoms with E-state index in [4.69, 9.17) is 4.74 Å². The normalized spacial score (nSPS) is 35.8. The minimum Gasteiger partial charge on any atom is -0.377 e. The summed E-state index contributed by atoms with van der Waals surface area (Å²) in [6, 6.07) is 3.46. The van der Waals surface area contributed by atoms with Crippen molar-refractivity contribution in [3.8, 4) is 0 Å². The van der Waals surface area contributed by atoms with E-state index in [1.54, 1.807) is 0 Å². The van der Waals surface area contributed by atoms with Crippen LogP contribution in [0.15, 0.2) is 18.2 Å². The van der Waals surface area contributed by atoms with Crippen molar-refractivity contribution >= 4 is 6.03 Å². The monoisotopic (exact) mass is 336 g/mol. The van der Waals surface area contributed by atoms with Crippen LogP contribution in [0.4, 0.5) is 13.6 Å². The SMILES string of the molecule is CC1(C)[C@H](NC(=O)N[C@@H]2C[C@@H]2c2c(F)cccc2F)[C@H]2CCO[C@H]21. The Balaban J connectivity index is 1.35. The van der Waals surface area contributed by atoms with Gasteiger partial charge in [0.25, 0.3) is 0 Å². The Morgan fingerprint density at radius 2 is 1.96 bits per heavy atom. The highest BCUT2D eigenvalue weighted by Gasteiger charge is 2.60. The Morgan fingerprint density at radius 3 is 2.67 bits per heavy atom. The molecule has 3 fully saturated rings. The lowest BCUT2D eigenvalue weighted by atomic mass is 9.57. The van der Waals surface area contributed by atoms with Crippen LogP contribution in [0.2, 0.25) is 0 Å². The van der Waals surface area contributed by atoms with Crippen molar-refractivity contribution in [2.45, 2.75) is 50.8 Å². The van der Waals surface area contributed by atoms with Crippen LogP contribution in [0, 0.1) is 23.0 Å². The van der Waals surface area contributed by atoms with Crippen LogP contribution in [0.25, 0.3) is 0 Å². The zero-order valence-electron chi connectivity index (χ0n) is 13.8. The molecule has 1 aromatic rings. The molecule has 1 saturated heterocycles. The average molecular weight is 336 g/mol. The van der Waals surface area contributed by atoms with Gasteiger partial charge in [-0.1, -0.05) is 19.9 Å². The standard InChI is InChI=1S/C18H22F2N2O2/c1-18(2)15(9-6-7-24-16(9)18)22-17(23)21-13-8-10(13)14-11(19)4-3-5-12(14)20/h3-5,9-10,13,15-16H,6-8H2,1-2H3,(H2,21,22,23)/t9-,10+,13-,15-,16-/m1/s1. The summed E-state index contributed by atoms with van der Waals surface area (Å²) in [5.41, 5.74) is -0.00456. The van der Waals surface area contributed by atoms with E-state index in [0.717, 1.165) is 13.0 Å². The molecule has 5 atom stereocenters. The van der Waals surface area contributed by atoms with E-state index in [9.17, 15) is 13.6 Å². The van der Waals surface area contributed by atoms with Crippen molar-refractivity contribution < 1.29 is 18.3 Å². The quantitative estimate of drug-likeness (QED) is 0.892. The van der Waals surface area contributed by atoms with E-state index >= 15 is 0 Å². The summed E-state index contributed by atoms with van der Waals surface area (Å²) in [5.74, 6) is -1.01. The number of ether oxygens (including phenoxy) is 1. The minimum atomic E-state index is -0.546. The molecule has 4 nitrogen and oxygen atoms in total. The molecule has 1 aliphatic heterocycles. The van der Waals surface area contributed by atoms with Crippen molar-refractivity contribution in [3.05, 3.63) is 35.4 Å².